The van der Waals surface area contributed by atoms with Crippen LogP contribution in [0.2, 0.25) is 5.02 Å². The molecule has 4 aliphatic rings. The minimum atomic E-state index is -1.04. The molecule has 3 N–H and O–H groups in total. The number of amides is 4. The molecule has 1 aliphatic carbocycles. The first-order valence-corrected chi connectivity index (χ1v) is 15.4. The van der Waals surface area contributed by atoms with Crippen LogP contribution in [0.1, 0.15) is 53.4 Å². The molecule has 0 radical (unpaired) electrons. The Balaban J connectivity index is 1.26. The van der Waals surface area contributed by atoms with E-state index in [1.54, 1.807) is 23.1 Å². The van der Waals surface area contributed by atoms with Crippen molar-refractivity contribution in [1.82, 2.24) is 15.5 Å². The summed E-state index contributed by atoms with van der Waals surface area (Å²) in [7, 11) is 0. The van der Waals surface area contributed by atoms with E-state index < -0.39 is 36.0 Å². The maximum Gasteiger partial charge on any atom is 0.265 e. The number of nitriles is 1. The molecule has 3 heterocycles. The van der Waals surface area contributed by atoms with E-state index in [1.807, 2.05) is 13.8 Å². The Morgan fingerprint density at radius 1 is 1.21 bits per heavy atom. The number of nitrogens with zero attached hydrogens (tertiary/aromatic N) is 2. The molecule has 12 heteroatoms. The monoisotopic (exact) mass is 613 g/mol. The number of likely N-dealkylation sites (tertiary alicyclic amines) is 1. The van der Waals surface area contributed by atoms with Crippen LogP contribution in [0.4, 0.5) is 5.69 Å². The zero-order valence-corrected chi connectivity index (χ0v) is 25.8. The zero-order valence-electron chi connectivity index (χ0n) is 25.0. The Hall–Kier alpha value is -3.36. The van der Waals surface area contributed by atoms with E-state index in [9.17, 15) is 24.4 Å². The summed E-state index contributed by atoms with van der Waals surface area (Å²) >= 11 is 6.07. The van der Waals surface area contributed by atoms with Crippen LogP contribution in [0.3, 0.4) is 0 Å². The van der Waals surface area contributed by atoms with Crippen LogP contribution in [0, 0.1) is 40.4 Å². The lowest BCUT2D eigenvalue weighted by Gasteiger charge is -2.35. The fraction of sp³-hybridized carbons (Fsp3) is 0.645. The van der Waals surface area contributed by atoms with Gasteiger partial charge in [0.05, 0.1) is 11.8 Å². The van der Waals surface area contributed by atoms with Crippen molar-refractivity contribution in [3.63, 3.8) is 0 Å². The molecule has 0 spiro atoms. The zero-order chi connectivity index (χ0) is 31.1. The van der Waals surface area contributed by atoms with Gasteiger partial charge in [-0.1, -0.05) is 39.3 Å². The third-order valence-corrected chi connectivity index (χ3v) is 9.74. The van der Waals surface area contributed by atoms with Gasteiger partial charge < -0.3 is 30.3 Å². The minimum absolute atomic E-state index is 0.0789. The first-order valence-electron chi connectivity index (χ1n) is 15.0. The van der Waals surface area contributed by atoms with Gasteiger partial charge in [0.25, 0.3) is 5.91 Å². The van der Waals surface area contributed by atoms with Crippen LogP contribution in [0.25, 0.3) is 0 Å². The van der Waals surface area contributed by atoms with Gasteiger partial charge >= 0.3 is 0 Å². The predicted octanol–water partition coefficient (Wildman–Crippen LogP) is 2.88. The Morgan fingerprint density at radius 2 is 1.93 bits per heavy atom. The van der Waals surface area contributed by atoms with Gasteiger partial charge in [-0.3, -0.25) is 19.2 Å². The van der Waals surface area contributed by atoms with E-state index in [4.69, 9.17) is 21.1 Å². The number of carbonyl (C=O) groups excluding carboxylic acids is 4. The topological polar surface area (TPSA) is 150 Å². The van der Waals surface area contributed by atoms with Crippen LogP contribution in [-0.2, 0) is 23.9 Å². The Kier molecular flexibility index (Phi) is 8.91. The van der Waals surface area contributed by atoms with E-state index >= 15 is 0 Å². The molecule has 0 unspecified atom stereocenters. The van der Waals surface area contributed by atoms with Crippen LogP contribution >= 0.6 is 11.6 Å². The average molecular weight is 614 g/mol. The first kappa shape index (κ1) is 31.1. The number of carbonyl (C=O) groups is 4. The number of rotatable bonds is 9. The fourth-order valence-corrected chi connectivity index (χ4v) is 7.00. The second-order valence-corrected chi connectivity index (χ2v) is 13.5. The number of ether oxygens (including phenoxy) is 2. The molecule has 1 aromatic rings. The van der Waals surface area contributed by atoms with Gasteiger partial charge in [-0.15, -0.1) is 0 Å². The van der Waals surface area contributed by atoms with Crippen molar-refractivity contribution in [3.05, 3.63) is 23.2 Å². The third kappa shape index (κ3) is 6.46. The van der Waals surface area contributed by atoms with Gasteiger partial charge in [0, 0.05) is 43.7 Å². The molecule has 0 bridgehead atoms. The van der Waals surface area contributed by atoms with E-state index in [0.29, 0.717) is 42.6 Å². The second kappa shape index (κ2) is 12.3. The summed E-state index contributed by atoms with van der Waals surface area (Å²) in [5.74, 6) is -0.886. The molecular weight excluding hydrogens is 574 g/mol. The van der Waals surface area contributed by atoms with Crippen LogP contribution in [0.15, 0.2) is 18.2 Å². The van der Waals surface area contributed by atoms with Gasteiger partial charge in [-0.2, -0.15) is 5.26 Å². The van der Waals surface area contributed by atoms with Crippen molar-refractivity contribution < 1.29 is 28.7 Å². The number of anilines is 1. The van der Waals surface area contributed by atoms with Crippen molar-refractivity contribution in [2.45, 2.75) is 77.6 Å². The summed E-state index contributed by atoms with van der Waals surface area (Å²) in [6, 6.07) is 4.30. The lowest BCUT2D eigenvalue weighted by molar-refractivity contribution is -0.144. The lowest BCUT2D eigenvalue weighted by Crippen LogP contribution is -2.58. The normalized spacial score (nSPS) is 27.1. The second-order valence-electron chi connectivity index (χ2n) is 13.1. The van der Waals surface area contributed by atoms with Gasteiger partial charge in [-0.05, 0) is 54.1 Å². The quantitative estimate of drug-likeness (QED) is 0.388. The maximum atomic E-state index is 13.9. The number of nitrogens with one attached hydrogen (secondary N) is 3. The molecule has 1 saturated carbocycles. The molecule has 1 aromatic carbocycles. The minimum Gasteiger partial charge on any atom is -0.478 e. The number of hydrogen-bond acceptors (Lipinski definition) is 7. The molecule has 6 atom stereocenters. The van der Waals surface area contributed by atoms with Crippen molar-refractivity contribution in [2.24, 2.45) is 29.1 Å². The van der Waals surface area contributed by atoms with Gasteiger partial charge in [-0.25, -0.2) is 0 Å². The van der Waals surface area contributed by atoms with Crippen LogP contribution in [-0.4, -0.2) is 72.5 Å². The maximum absolute atomic E-state index is 13.9. The van der Waals surface area contributed by atoms with Gasteiger partial charge in [0.15, 0.2) is 6.10 Å². The van der Waals surface area contributed by atoms with Crippen LogP contribution < -0.4 is 20.7 Å². The molecule has 11 nitrogen and oxygen atoms in total. The highest BCUT2D eigenvalue weighted by Gasteiger charge is 2.69. The number of benzene rings is 1. The summed E-state index contributed by atoms with van der Waals surface area (Å²) in [5, 5.41) is 18.8. The molecule has 0 aromatic heterocycles. The van der Waals surface area contributed by atoms with Crippen LogP contribution in [0.5, 0.6) is 5.75 Å². The summed E-state index contributed by atoms with van der Waals surface area (Å²) in [6.07, 6.45) is 0.857. The van der Waals surface area contributed by atoms with Gasteiger partial charge in [0.1, 0.15) is 23.9 Å². The van der Waals surface area contributed by atoms with Crippen molar-refractivity contribution in [3.8, 4) is 11.8 Å². The molecule has 3 aliphatic heterocycles. The number of halogens is 1. The summed E-state index contributed by atoms with van der Waals surface area (Å²) < 4.78 is 11.2. The number of fused-ring (bicyclic) bond motifs is 2. The molecule has 43 heavy (non-hydrogen) atoms. The molecular formula is C31H40ClN5O6. The Morgan fingerprint density at radius 3 is 2.60 bits per heavy atom. The van der Waals surface area contributed by atoms with Gasteiger partial charge in [0.2, 0.25) is 17.7 Å². The molecule has 4 amide bonds. The standard InChI is InChI=1S/C31H40ClN5O6/c1-16(2)26(36-24(38)11-17-7-9-42-10-8-17)30(41)37-15-20-25(31(20,3)4)27(37)29(40)34-19(14-33)13-23-28(39)35-21-6-5-18(32)12-22(21)43-23/h5-6,12,16-17,19-20,23,25-27H,7-11,13,15H2,1-4H3,(H,34,40)(H,35,39)(H,36,38)/t19-,20-,23-,25-,26-,27-/m0/s1. The molecule has 232 valence electrons. The smallest absolute Gasteiger partial charge is 0.265 e. The molecule has 2 saturated heterocycles. The van der Waals surface area contributed by atoms with Crippen molar-refractivity contribution in [2.75, 3.05) is 25.1 Å². The SMILES string of the molecule is CC(C)[C@H](NC(=O)CC1CCOCC1)C(=O)N1C[C@H]2[C@@H]([C@H]1C(=O)N[C@H](C#N)C[C@@H]1Oc3cc(Cl)ccc3NC1=O)C2(C)C. The summed E-state index contributed by atoms with van der Waals surface area (Å²) in [5.41, 5.74) is 0.334. The summed E-state index contributed by atoms with van der Waals surface area (Å²) in [6.45, 7) is 9.57. The Labute approximate surface area is 257 Å². The largest absolute Gasteiger partial charge is 0.478 e. The molecule has 3 fully saturated rings. The first-order chi connectivity index (χ1) is 20.4. The summed E-state index contributed by atoms with van der Waals surface area (Å²) in [4.78, 5) is 54.9. The highest BCUT2D eigenvalue weighted by molar-refractivity contribution is 6.30. The van der Waals surface area contributed by atoms with Crippen molar-refractivity contribution in [1.29, 1.82) is 5.26 Å². The van der Waals surface area contributed by atoms with E-state index in [0.717, 1.165) is 12.8 Å². The molecule has 5 rings (SSSR count). The lowest BCUT2D eigenvalue weighted by atomic mass is 9.94. The van der Waals surface area contributed by atoms with Crippen molar-refractivity contribution >= 4 is 40.9 Å². The predicted molar refractivity (Wildman–Crippen MR) is 158 cm³/mol. The average Bonchev–Trinajstić information content (AvgIpc) is 3.28. The Bertz CT molecular complexity index is 1320. The number of hydrogen-bond donors (Lipinski definition) is 3. The van der Waals surface area contributed by atoms with E-state index in [2.05, 4.69) is 35.9 Å². The van der Waals surface area contributed by atoms with E-state index in [-0.39, 0.29) is 47.3 Å². The fourth-order valence-electron chi connectivity index (χ4n) is 6.84. The third-order valence-electron chi connectivity index (χ3n) is 9.51. The van der Waals surface area contributed by atoms with E-state index in [1.165, 1.54) is 0 Å². The highest BCUT2D eigenvalue weighted by Crippen LogP contribution is 2.65. The highest BCUT2D eigenvalue weighted by atomic mass is 35.5. The number of piperidine rings is 1.